The zero-order valence-corrected chi connectivity index (χ0v) is 15.2. The second-order valence-electron chi connectivity index (χ2n) is 8.50. The van der Waals surface area contributed by atoms with Gasteiger partial charge in [-0.15, -0.1) is 0 Å². The maximum absolute atomic E-state index is 9.63. The van der Waals surface area contributed by atoms with E-state index >= 15 is 0 Å². The van der Waals surface area contributed by atoms with Crippen molar-refractivity contribution in [2.24, 2.45) is 5.41 Å². The average molecular weight is 299 g/mol. The molecule has 0 bridgehead atoms. The van der Waals surface area contributed by atoms with Gasteiger partial charge in [-0.2, -0.15) is 0 Å². The van der Waals surface area contributed by atoms with Gasteiger partial charge >= 0.3 is 0 Å². The summed E-state index contributed by atoms with van der Waals surface area (Å²) in [6, 6.07) is 1.18. The van der Waals surface area contributed by atoms with Gasteiger partial charge in [0.25, 0.3) is 0 Å². The SMILES string of the molecule is CC(C)NC(C)(CO)CCCN(C)C1CCC(C)(C)CC1. The Bertz CT molecular complexity index is 294. The molecule has 0 spiro atoms. The van der Waals surface area contributed by atoms with E-state index in [9.17, 15) is 5.11 Å². The lowest BCUT2D eigenvalue weighted by atomic mass is 9.75. The van der Waals surface area contributed by atoms with Crippen LogP contribution < -0.4 is 5.32 Å². The van der Waals surface area contributed by atoms with E-state index in [1.165, 1.54) is 25.7 Å². The quantitative estimate of drug-likeness (QED) is 0.721. The van der Waals surface area contributed by atoms with Gasteiger partial charge < -0.3 is 15.3 Å². The molecule has 3 heteroatoms. The topological polar surface area (TPSA) is 35.5 Å². The van der Waals surface area contributed by atoms with Crippen LogP contribution in [0, 0.1) is 5.41 Å². The van der Waals surface area contributed by atoms with Crippen LogP contribution in [0.3, 0.4) is 0 Å². The van der Waals surface area contributed by atoms with E-state index in [4.69, 9.17) is 0 Å². The summed E-state index contributed by atoms with van der Waals surface area (Å²) in [5.74, 6) is 0. The van der Waals surface area contributed by atoms with Crippen LogP contribution in [0.15, 0.2) is 0 Å². The van der Waals surface area contributed by atoms with Crippen molar-refractivity contribution >= 4 is 0 Å². The van der Waals surface area contributed by atoms with Crippen LogP contribution in [0.5, 0.6) is 0 Å². The number of rotatable bonds is 8. The molecular weight excluding hydrogens is 260 g/mol. The Morgan fingerprint density at radius 1 is 1.29 bits per heavy atom. The molecule has 3 nitrogen and oxygen atoms in total. The van der Waals surface area contributed by atoms with Crippen molar-refractivity contribution in [3.63, 3.8) is 0 Å². The van der Waals surface area contributed by atoms with E-state index in [0.29, 0.717) is 11.5 Å². The first-order valence-corrected chi connectivity index (χ1v) is 8.76. The average Bonchev–Trinajstić information content (AvgIpc) is 2.37. The summed E-state index contributed by atoms with van der Waals surface area (Å²) in [4.78, 5) is 2.54. The molecule has 126 valence electrons. The lowest BCUT2D eigenvalue weighted by Gasteiger charge is -2.39. The van der Waals surface area contributed by atoms with Gasteiger partial charge in [-0.1, -0.05) is 27.7 Å². The number of hydrogen-bond donors (Lipinski definition) is 2. The molecule has 0 aromatic heterocycles. The molecular formula is C18H38N2O. The Hall–Kier alpha value is -0.120. The van der Waals surface area contributed by atoms with E-state index in [0.717, 1.165) is 25.4 Å². The van der Waals surface area contributed by atoms with Crippen LogP contribution in [0.1, 0.15) is 73.1 Å². The highest BCUT2D eigenvalue weighted by molar-refractivity contribution is 4.86. The first-order chi connectivity index (χ1) is 9.67. The van der Waals surface area contributed by atoms with Crippen molar-refractivity contribution in [1.82, 2.24) is 10.2 Å². The van der Waals surface area contributed by atoms with E-state index in [1.54, 1.807) is 0 Å². The molecule has 0 heterocycles. The third kappa shape index (κ3) is 6.66. The van der Waals surface area contributed by atoms with Crippen molar-refractivity contribution in [3.8, 4) is 0 Å². The fraction of sp³-hybridized carbons (Fsp3) is 1.00. The lowest BCUT2D eigenvalue weighted by molar-refractivity contribution is 0.116. The first-order valence-electron chi connectivity index (χ1n) is 8.76. The van der Waals surface area contributed by atoms with Crippen molar-refractivity contribution in [1.29, 1.82) is 0 Å². The third-order valence-corrected chi connectivity index (χ3v) is 5.16. The molecule has 1 rings (SSSR count). The molecule has 1 aliphatic carbocycles. The smallest absolute Gasteiger partial charge is 0.0610 e. The van der Waals surface area contributed by atoms with Gasteiger partial charge in [0, 0.05) is 17.6 Å². The Morgan fingerprint density at radius 3 is 2.33 bits per heavy atom. The van der Waals surface area contributed by atoms with Crippen LogP contribution in [0.4, 0.5) is 0 Å². The molecule has 1 saturated carbocycles. The fourth-order valence-corrected chi connectivity index (χ4v) is 3.62. The van der Waals surface area contributed by atoms with Gasteiger partial charge in [0.1, 0.15) is 0 Å². The standard InChI is InChI=1S/C18H38N2O/c1-15(2)19-18(5,14-21)10-7-13-20(6)16-8-11-17(3,4)12-9-16/h15-16,19,21H,7-14H2,1-6H3. The second-order valence-corrected chi connectivity index (χ2v) is 8.50. The minimum Gasteiger partial charge on any atom is -0.394 e. The summed E-state index contributed by atoms with van der Waals surface area (Å²) in [7, 11) is 2.27. The second kappa shape index (κ2) is 7.94. The number of aliphatic hydroxyl groups is 1. The van der Waals surface area contributed by atoms with E-state index in [1.807, 2.05) is 0 Å². The minimum absolute atomic E-state index is 0.135. The maximum Gasteiger partial charge on any atom is 0.0610 e. The van der Waals surface area contributed by atoms with Crippen LogP contribution in [0.2, 0.25) is 0 Å². The lowest BCUT2D eigenvalue weighted by Crippen LogP contribution is -2.49. The first kappa shape index (κ1) is 18.9. The molecule has 0 aliphatic heterocycles. The van der Waals surface area contributed by atoms with Gasteiger partial charge in [-0.25, -0.2) is 0 Å². The molecule has 0 aromatic carbocycles. The van der Waals surface area contributed by atoms with E-state index < -0.39 is 0 Å². The third-order valence-electron chi connectivity index (χ3n) is 5.16. The number of aliphatic hydroxyl groups excluding tert-OH is 1. The predicted molar refractivity (Wildman–Crippen MR) is 91.7 cm³/mol. The van der Waals surface area contributed by atoms with E-state index in [-0.39, 0.29) is 12.1 Å². The van der Waals surface area contributed by atoms with Crippen molar-refractivity contribution in [3.05, 3.63) is 0 Å². The van der Waals surface area contributed by atoms with E-state index in [2.05, 4.69) is 51.9 Å². The van der Waals surface area contributed by atoms with Crippen LogP contribution in [0.25, 0.3) is 0 Å². The molecule has 0 radical (unpaired) electrons. The molecule has 2 N–H and O–H groups in total. The molecule has 0 amide bonds. The monoisotopic (exact) mass is 298 g/mol. The highest BCUT2D eigenvalue weighted by Gasteiger charge is 2.29. The Kier molecular flexibility index (Phi) is 7.15. The molecule has 0 saturated heterocycles. The van der Waals surface area contributed by atoms with Crippen molar-refractivity contribution in [2.45, 2.75) is 90.8 Å². The highest BCUT2D eigenvalue weighted by atomic mass is 16.3. The number of nitrogens with zero attached hydrogens (tertiary/aromatic N) is 1. The van der Waals surface area contributed by atoms with Crippen LogP contribution in [-0.4, -0.2) is 47.8 Å². The molecule has 0 aromatic rings. The summed E-state index contributed by atoms with van der Waals surface area (Å²) in [6.45, 7) is 12.6. The minimum atomic E-state index is -0.135. The molecule has 1 atom stereocenters. The molecule has 1 fully saturated rings. The Morgan fingerprint density at radius 2 is 1.86 bits per heavy atom. The zero-order valence-electron chi connectivity index (χ0n) is 15.2. The highest BCUT2D eigenvalue weighted by Crippen LogP contribution is 2.36. The summed E-state index contributed by atoms with van der Waals surface area (Å²) in [5.41, 5.74) is 0.414. The van der Waals surface area contributed by atoms with Gasteiger partial charge in [0.2, 0.25) is 0 Å². The molecule has 1 aliphatic rings. The van der Waals surface area contributed by atoms with Gasteiger partial charge in [0.15, 0.2) is 0 Å². The zero-order chi connectivity index (χ0) is 16.1. The van der Waals surface area contributed by atoms with Crippen molar-refractivity contribution < 1.29 is 5.11 Å². The van der Waals surface area contributed by atoms with Gasteiger partial charge in [0.05, 0.1) is 6.61 Å². The molecule has 21 heavy (non-hydrogen) atoms. The van der Waals surface area contributed by atoms with Gasteiger partial charge in [-0.05, 0) is 64.5 Å². The summed E-state index contributed by atoms with van der Waals surface area (Å²) in [6.07, 6.45) is 7.56. The normalized spacial score (nSPS) is 22.7. The Labute approximate surface area is 132 Å². The molecule has 1 unspecified atom stereocenters. The summed E-state index contributed by atoms with van der Waals surface area (Å²) in [5, 5.41) is 13.1. The summed E-state index contributed by atoms with van der Waals surface area (Å²) >= 11 is 0. The summed E-state index contributed by atoms with van der Waals surface area (Å²) < 4.78 is 0. The largest absolute Gasteiger partial charge is 0.394 e. The van der Waals surface area contributed by atoms with Crippen LogP contribution in [-0.2, 0) is 0 Å². The van der Waals surface area contributed by atoms with Gasteiger partial charge in [-0.3, -0.25) is 0 Å². The Balaban J connectivity index is 2.31. The fourth-order valence-electron chi connectivity index (χ4n) is 3.62. The number of hydrogen-bond acceptors (Lipinski definition) is 3. The number of nitrogens with one attached hydrogen (secondary N) is 1. The predicted octanol–water partition coefficient (Wildman–Crippen LogP) is 3.42. The maximum atomic E-state index is 9.63. The van der Waals surface area contributed by atoms with Crippen LogP contribution >= 0.6 is 0 Å². The van der Waals surface area contributed by atoms with Crippen molar-refractivity contribution in [2.75, 3.05) is 20.2 Å².